The molecule has 1 aromatic rings. The van der Waals surface area contributed by atoms with Crippen LogP contribution in [-0.2, 0) is 16.0 Å². The monoisotopic (exact) mass is 316 g/mol. The van der Waals surface area contributed by atoms with Crippen LogP contribution in [0.2, 0.25) is 0 Å². The molecule has 0 radical (unpaired) electrons. The van der Waals surface area contributed by atoms with Crippen LogP contribution in [-0.4, -0.2) is 35.9 Å². The zero-order valence-corrected chi connectivity index (χ0v) is 13.8. The van der Waals surface area contributed by atoms with Crippen LogP contribution in [0.3, 0.4) is 0 Å². The number of carbonyl (C=O) groups is 2. The molecule has 0 aliphatic carbocycles. The first-order valence-electron chi connectivity index (χ1n) is 8.43. The molecule has 0 saturated carbocycles. The highest BCUT2D eigenvalue weighted by Crippen LogP contribution is 2.28. The molecule has 1 aromatic carbocycles. The van der Waals surface area contributed by atoms with Gasteiger partial charge in [-0.15, -0.1) is 0 Å². The van der Waals surface area contributed by atoms with Gasteiger partial charge in [-0.3, -0.25) is 9.59 Å². The van der Waals surface area contributed by atoms with Crippen molar-refractivity contribution in [3.8, 4) is 5.75 Å². The van der Waals surface area contributed by atoms with Crippen molar-refractivity contribution in [3.05, 3.63) is 23.8 Å². The van der Waals surface area contributed by atoms with E-state index in [1.807, 2.05) is 32.0 Å². The van der Waals surface area contributed by atoms with Gasteiger partial charge in [-0.2, -0.15) is 0 Å². The van der Waals surface area contributed by atoms with Crippen LogP contribution in [0.15, 0.2) is 18.2 Å². The van der Waals surface area contributed by atoms with E-state index < -0.39 is 0 Å². The molecule has 2 amide bonds. The predicted molar refractivity (Wildman–Crippen MR) is 88.5 cm³/mol. The fraction of sp³-hybridized carbons (Fsp3) is 0.556. The Bertz CT molecular complexity index is 612. The lowest BCUT2D eigenvalue weighted by Gasteiger charge is -2.26. The molecule has 0 spiro atoms. The quantitative estimate of drug-likeness (QED) is 0.932. The maximum Gasteiger partial charge on any atom is 0.247 e. The smallest absolute Gasteiger partial charge is 0.247 e. The summed E-state index contributed by atoms with van der Waals surface area (Å²) < 4.78 is 5.59. The van der Waals surface area contributed by atoms with E-state index in [9.17, 15) is 9.59 Å². The fourth-order valence-corrected chi connectivity index (χ4v) is 3.30. The number of hydrogen-bond donors (Lipinski definition) is 1. The summed E-state index contributed by atoms with van der Waals surface area (Å²) in [6.07, 6.45) is 3.59. The van der Waals surface area contributed by atoms with Crippen molar-refractivity contribution in [2.45, 2.75) is 45.6 Å². The second-order valence-electron chi connectivity index (χ2n) is 6.61. The van der Waals surface area contributed by atoms with Crippen LogP contribution in [0.4, 0.5) is 5.69 Å². The SMILES string of the molecule is CC(C)C(=O)N1CCCC1C(=O)Nc1ccc2c(c1)CCCO2. The first-order chi connectivity index (χ1) is 11.1. The highest BCUT2D eigenvalue weighted by atomic mass is 16.5. The zero-order chi connectivity index (χ0) is 16.4. The van der Waals surface area contributed by atoms with E-state index in [0.717, 1.165) is 49.3 Å². The molecule has 1 saturated heterocycles. The molecule has 5 nitrogen and oxygen atoms in total. The molecule has 1 atom stereocenters. The zero-order valence-electron chi connectivity index (χ0n) is 13.8. The highest BCUT2D eigenvalue weighted by Gasteiger charge is 2.34. The third-order valence-electron chi connectivity index (χ3n) is 4.51. The molecule has 3 rings (SSSR count). The molecule has 2 aliphatic rings. The first-order valence-corrected chi connectivity index (χ1v) is 8.43. The number of aryl methyl sites for hydroxylation is 1. The Morgan fingerprint density at radius 1 is 1.30 bits per heavy atom. The summed E-state index contributed by atoms with van der Waals surface area (Å²) in [5.41, 5.74) is 1.92. The lowest BCUT2D eigenvalue weighted by Crippen LogP contribution is -2.44. The minimum absolute atomic E-state index is 0.0569. The van der Waals surface area contributed by atoms with Crippen LogP contribution in [0.25, 0.3) is 0 Å². The number of nitrogens with one attached hydrogen (secondary N) is 1. The van der Waals surface area contributed by atoms with Crippen molar-refractivity contribution in [3.63, 3.8) is 0 Å². The topological polar surface area (TPSA) is 58.6 Å². The van der Waals surface area contributed by atoms with Crippen molar-refractivity contribution in [2.75, 3.05) is 18.5 Å². The molecule has 124 valence electrons. The standard InChI is InChI=1S/C18H24N2O3/c1-12(2)18(22)20-9-3-6-15(20)17(21)19-14-7-8-16-13(11-14)5-4-10-23-16/h7-8,11-12,15H,3-6,9-10H2,1-2H3,(H,19,21). The number of nitrogens with zero attached hydrogens (tertiary/aromatic N) is 1. The van der Waals surface area contributed by atoms with Crippen LogP contribution < -0.4 is 10.1 Å². The Morgan fingerprint density at radius 3 is 2.91 bits per heavy atom. The number of likely N-dealkylation sites (tertiary alicyclic amines) is 1. The number of carbonyl (C=O) groups excluding carboxylic acids is 2. The molecular weight excluding hydrogens is 292 g/mol. The van der Waals surface area contributed by atoms with Gasteiger partial charge in [-0.1, -0.05) is 13.8 Å². The van der Waals surface area contributed by atoms with E-state index in [1.54, 1.807) is 4.90 Å². The molecule has 5 heteroatoms. The van der Waals surface area contributed by atoms with Crippen molar-refractivity contribution >= 4 is 17.5 Å². The van der Waals surface area contributed by atoms with Crippen LogP contribution in [0, 0.1) is 5.92 Å². The Kier molecular flexibility index (Phi) is 4.55. The number of fused-ring (bicyclic) bond motifs is 1. The number of hydrogen-bond acceptors (Lipinski definition) is 3. The van der Waals surface area contributed by atoms with E-state index >= 15 is 0 Å². The van der Waals surface area contributed by atoms with Crippen molar-refractivity contribution in [2.24, 2.45) is 5.92 Å². The van der Waals surface area contributed by atoms with E-state index in [-0.39, 0.29) is 23.8 Å². The van der Waals surface area contributed by atoms with Crippen molar-refractivity contribution in [1.29, 1.82) is 0 Å². The van der Waals surface area contributed by atoms with Gasteiger partial charge in [-0.05, 0) is 49.4 Å². The minimum atomic E-state index is -0.350. The highest BCUT2D eigenvalue weighted by molar-refractivity contribution is 5.97. The average Bonchev–Trinajstić information content (AvgIpc) is 3.03. The minimum Gasteiger partial charge on any atom is -0.493 e. The predicted octanol–water partition coefficient (Wildman–Crippen LogP) is 2.60. The summed E-state index contributed by atoms with van der Waals surface area (Å²) in [5.74, 6) is 0.797. The summed E-state index contributed by atoms with van der Waals surface area (Å²) in [6, 6.07) is 5.41. The molecular formula is C18H24N2O3. The molecule has 2 aliphatic heterocycles. The van der Waals surface area contributed by atoms with E-state index in [4.69, 9.17) is 4.74 Å². The normalized spacial score (nSPS) is 20.1. The number of ether oxygens (including phenoxy) is 1. The molecule has 0 aromatic heterocycles. The summed E-state index contributed by atoms with van der Waals surface area (Å²) in [5, 5.41) is 2.97. The van der Waals surface area contributed by atoms with Gasteiger partial charge in [-0.25, -0.2) is 0 Å². The molecule has 1 unspecified atom stereocenters. The van der Waals surface area contributed by atoms with Gasteiger partial charge < -0.3 is 15.0 Å². The third-order valence-corrected chi connectivity index (χ3v) is 4.51. The van der Waals surface area contributed by atoms with Gasteiger partial charge in [0.2, 0.25) is 11.8 Å². The second kappa shape index (κ2) is 6.60. The molecule has 1 fully saturated rings. The molecule has 23 heavy (non-hydrogen) atoms. The average molecular weight is 316 g/mol. The lowest BCUT2D eigenvalue weighted by molar-refractivity contribution is -0.139. The maximum absolute atomic E-state index is 12.6. The molecule has 2 heterocycles. The maximum atomic E-state index is 12.6. The number of benzene rings is 1. The molecule has 0 bridgehead atoms. The second-order valence-corrected chi connectivity index (χ2v) is 6.61. The van der Waals surface area contributed by atoms with Crippen molar-refractivity contribution < 1.29 is 14.3 Å². The number of amides is 2. The fourth-order valence-electron chi connectivity index (χ4n) is 3.30. The Hall–Kier alpha value is -2.04. The third kappa shape index (κ3) is 3.33. The molecule has 1 N–H and O–H groups in total. The summed E-state index contributed by atoms with van der Waals surface area (Å²) in [7, 11) is 0. The van der Waals surface area contributed by atoms with Gasteiger partial charge in [0.05, 0.1) is 6.61 Å². The number of rotatable bonds is 3. The van der Waals surface area contributed by atoms with Gasteiger partial charge in [0.15, 0.2) is 0 Å². The summed E-state index contributed by atoms with van der Waals surface area (Å²) in [4.78, 5) is 26.5. The van der Waals surface area contributed by atoms with Gasteiger partial charge in [0, 0.05) is 18.2 Å². The Balaban J connectivity index is 1.70. The van der Waals surface area contributed by atoms with Crippen molar-refractivity contribution in [1.82, 2.24) is 4.90 Å². The first kappa shape index (κ1) is 15.8. The Labute approximate surface area is 137 Å². The largest absolute Gasteiger partial charge is 0.493 e. The Morgan fingerprint density at radius 2 is 2.13 bits per heavy atom. The lowest BCUT2D eigenvalue weighted by atomic mass is 10.1. The van der Waals surface area contributed by atoms with Gasteiger partial charge >= 0.3 is 0 Å². The summed E-state index contributed by atoms with van der Waals surface area (Å²) in [6.45, 7) is 5.18. The van der Waals surface area contributed by atoms with Crippen LogP contribution in [0.1, 0.15) is 38.7 Å². The van der Waals surface area contributed by atoms with E-state index in [2.05, 4.69) is 5.32 Å². The summed E-state index contributed by atoms with van der Waals surface area (Å²) >= 11 is 0. The van der Waals surface area contributed by atoms with Crippen LogP contribution >= 0.6 is 0 Å². The number of anilines is 1. The van der Waals surface area contributed by atoms with Gasteiger partial charge in [0.1, 0.15) is 11.8 Å². The van der Waals surface area contributed by atoms with E-state index in [0.29, 0.717) is 6.54 Å². The van der Waals surface area contributed by atoms with E-state index in [1.165, 1.54) is 0 Å². The van der Waals surface area contributed by atoms with Gasteiger partial charge in [0.25, 0.3) is 0 Å². The van der Waals surface area contributed by atoms with Crippen LogP contribution in [0.5, 0.6) is 5.75 Å².